The predicted molar refractivity (Wildman–Crippen MR) is 90.0 cm³/mol. The van der Waals surface area contributed by atoms with Crippen LogP contribution in [0.1, 0.15) is 0 Å². The maximum atomic E-state index is 12.3. The molecule has 0 bridgehead atoms. The first-order valence-corrected chi connectivity index (χ1v) is 9.27. The van der Waals surface area contributed by atoms with Gasteiger partial charge in [-0.05, 0) is 6.07 Å². The van der Waals surface area contributed by atoms with Gasteiger partial charge in [0.1, 0.15) is 12.9 Å². The van der Waals surface area contributed by atoms with Crippen molar-refractivity contribution in [2.45, 2.75) is 11.7 Å². The molecule has 0 aliphatic heterocycles. The van der Waals surface area contributed by atoms with Gasteiger partial charge >= 0.3 is 0 Å². The lowest BCUT2D eigenvalue weighted by atomic mass is 10.4. The lowest BCUT2D eigenvalue weighted by Gasteiger charge is -2.06. The Morgan fingerprint density at radius 1 is 1.23 bits per heavy atom. The fraction of sp³-hybridized carbons (Fsp3) is 0.143. The molecule has 0 aliphatic rings. The van der Waals surface area contributed by atoms with Gasteiger partial charge in [-0.25, -0.2) is 27.6 Å². The average Bonchev–Trinajstić information content (AvgIpc) is 3.20. The van der Waals surface area contributed by atoms with Crippen LogP contribution in [0.15, 0.2) is 42.2 Å². The zero-order chi connectivity index (χ0) is 18.3. The summed E-state index contributed by atoms with van der Waals surface area (Å²) in [5.41, 5.74) is 1.42. The van der Waals surface area contributed by atoms with Gasteiger partial charge in [0.05, 0.1) is 11.6 Å². The van der Waals surface area contributed by atoms with Crippen LogP contribution in [0.3, 0.4) is 0 Å². The molecule has 0 atom stereocenters. The monoisotopic (exact) mass is 372 g/mol. The third-order valence-corrected chi connectivity index (χ3v) is 4.40. The summed E-state index contributed by atoms with van der Waals surface area (Å²) in [5, 5.41) is 11.0. The van der Waals surface area contributed by atoms with Crippen molar-refractivity contribution in [3.63, 3.8) is 0 Å². The van der Waals surface area contributed by atoms with Crippen molar-refractivity contribution in [2.24, 2.45) is 0 Å². The van der Waals surface area contributed by atoms with Crippen LogP contribution < -0.4 is 5.32 Å². The Morgan fingerprint density at radius 2 is 2.08 bits per heavy atom. The molecule has 0 spiro atoms. The third-order valence-electron chi connectivity index (χ3n) is 3.54. The average molecular weight is 372 g/mol. The Kier molecular flexibility index (Phi) is 3.61. The van der Waals surface area contributed by atoms with E-state index in [1.165, 1.54) is 23.4 Å². The molecule has 12 heteroatoms. The van der Waals surface area contributed by atoms with Crippen LogP contribution in [-0.4, -0.2) is 54.9 Å². The van der Waals surface area contributed by atoms with Gasteiger partial charge in [0, 0.05) is 30.4 Å². The normalized spacial score (nSPS) is 11.9. The first-order valence-electron chi connectivity index (χ1n) is 7.38. The topological polar surface area (TPSA) is 137 Å². The number of carbonyl (C=O) groups excluding carboxylic acids is 1. The zero-order valence-corrected chi connectivity index (χ0v) is 14.3. The van der Waals surface area contributed by atoms with Crippen molar-refractivity contribution in [3.8, 4) is 0 Å². The quantitative estimate of drug-likeness (QED) is 0.491. The number of carbonyl (C=O) groups is 1. The van der Waals surface area contributed by atoms with Crippen molar-refractivity contribution >= 4 is 38.1 Å². The van der Waals surface area contributed by atoms with Crippen LogP contribution in [0.2, 0.25) is 0 Å². The number of amides is 1. The maximum absolute atomic E-state index is 12.3. The Bertz CT molecular complexity index is 1240. The Hall–Kier alpha value is -3.41. The fourth-order valence-electron chi connectivity index (χ4n) is 2.37. The maximum Gasteiger partial charge on any atom is 0.248 e. The molecule has 0 saturated carbocycles. The van der Waals surface area contributed by atoms with Crippen LogP contribution in [0.25, 0.3) is 16.7 Å². The molecule has 4 aromatic rings. The number of anilines is 1. The highest BCUT2D eigenvalue weighted by Crippen LogP contribution is 2.13. The van der Waals surface area contributed by atoms with E-state index >= 15 is 0 Å². The fourth-order valence-corrected chi connectivity index (χ4v) is 2.87. The highest BCUT2D eigenvalue weighted by atomic mass is 32.2. The second-order valence-electron chi connectivity index (χ2n) is 5.53. The molecular weight excluding hydrogens is 360 g/mol. The molecule has 1 N–H and O–H groups in total. The summed E-state index contributed by atoms with van der Waals surface area (Å²) in [5.74, 6) is -0.349. The van der Waals surface area contributed by atoms with Crippen molar-refractivity contribution in [2.75, 3.05) is 11.6 Å². The van der Waals surface area contributed by atoms with E-state index in [4.69, 9.17) is 0 Å². The van der Waals surface area contributed by atoms with E-state index in [0.29, 0.717) is 16.7 Å². The molecule has 26 heavy (non-hydrogen) atoms. The summed E-state index contributed by atoms with van der Waals surface area (Å²) >= 11 is 0. The van der Waals surface area contributed by atoms with Gasteiger partial charge in [0.15, 0.2) is 11.3 Å². The molecule has 4 aromatic heterocycles. The molecular formula is C14H12N8O3S. The molecule has 132 valence electrons. The second-order valence-corrected chi connectivity index (χ2v) is 7.44. The molecule has 1 amide bonds. The van der Waals surface area contributed by atoms with E-state index in [1.54, 1.807) is 22.8 Å². The number of rotatable bonds is 4. The van der Waals surface area contributed by atoms with Crippen molar-refractivity contribution in [3.05, 3.63) is 37.1 Å². The Morgan fingerprint density at radius 3 is 2.88 bits per heavy atom. The van der Waals surface area contributed by atoms with Gasteiger partial charge in [-0.3, -0.25) is 4.79 Å². The summed E-state index contributed by atoms with van der Waals surface area (Å²) in [6, 6.07) is 3.36. The molecule has 11 nitrogen and oxygen atoms in total. The van der Waals surface area contributed by atoms with Crippen LogP contribution in [0, 0.1) is 0 Å². The number of hydrogen-bond donors (Lipinski definition) is 1. The van der Waals surface area contributed by atoms with E-state index in [1.807, 2.05) is 0 Å². The summed E-state index contributed by atoms with van der Waals surface area (Å²) in [6.45, 7) is -0.137. The molecule has 0 saturated heterocycles. The number of aromatic nitrogens is 7. The minimum absolute atomic E-state index is 0.137. The molecule has 4 heterocycles. The highest BCUT2D eigenvalue weighted by Gasteiger charge is 2.15. The predicted octanol–water partition coefficient (Wildman–Crippen LogP) is -0.0888. The standard InChI is InChI=1S/C14H12N8O3S/c1-26(24,25)14-15-5-9-6-17-22(13(9)20-14)7-12(23)19-10-2-3-21-11(4-10)16-8-18-21/h2-6,8H,7H2,1H3,(H,19,23). The minimum atomic E-state index is -3.56. The van der Waals surface area contributed by atoms with Gasteiger partial charge in [-0.2, -0.15) is 15.2 Å². The number of nitrogens with zero attached hydrogens (tertiary/aromatic N) is 7. The Labute approximate surface area is 146 Å². The van der Waals surface area contributed by atoms with Gasteiger partial charge < -0.3 is 5.32 Å². The summed E-state index contributed by atoms with van der Waals surface area (Å²) in [4.78, 5) is 24.1. The molecule has 0 fully saturated rings. The van der Waals surface area contributed by atoms with Crippen LogP contribution in [0.4, 0.5) is 5.69 Å². The van der Waals surface area contributed by atoms with E-state index in [-0.39, 0.29) is 23.3 Å². The van der Waals surface area contributed by atoms with Crippen molar-refractivity contribution in [1.82, 2.24) is 34.3 Å². The molecule has 0 radical (unpaired) electrons. The third kappa shape index (κ3) is 2.97. The number of sulfone groups is 1. The first-order chi connectivity index (χ1) is 12.4. The number of fused-ring (bicyclic) bond motifs is 2. The largest absolute Gasteiger partial charge is 0.324 e. The van der Waals surface area contributed by atoms with Crippen molar-refractivity contribution in [1.29, 1.82) is 0 Å². The lowest BCUT2D eigenvalue weighted by molar-refractivity contribution is -0.116. The van der Waals surface area contributed by atoms with E-state index in [0.717, 1.165) is 6.26 Å². The molecule has 0 aromatic carbocycles. The number of hydrogen-bond acceptors (Lipinski definition) is 8. The van der Waals surface area contributed by atoms with Crippen molar-refractivity contribution < 1.29 is 13.2 Å². The van der Waals surface area contributed by atoms with E-state index in [9.17, 15) is 13.2 Å². The minimum Gasteiger partial charge on any atom is -0.324 e. The smallest absolute Gasteiger partial charge is 0.248 e. The van der Waals surface area contributed by atoms with E-state index < -0.39 is 9.84 Å². The van der Waals surface area contributed by atoms with Gasteiger partial charge in [-0.1, -0.05) is 0 Å². The van der Waals surface area contributed by atoms with Gasteiger partial charge in [-0.15, -0.1) is 0 Å². The van der Waals surface area contributed by atoms with Crippen LogP contribution in [-0.2, 0) is 21.2 Å². The molecule has 4 rings (SSSR count). The Balaban J connectivity index is 1.58. The molecule has 0 aliphatic carbocycles. The SMILES string of the molecule is CS(=O)(=O)c1ncc2cnn(CC(=O)Nc3ccn4ncnc4c3)c2n1. The number of pyridine rings is 1. The van der Waals surface area contributed by atoms with E-state index in [2.05, 4.69) is 30.5 Å². The van der Waals surface area contributed by atoms with Crippen LogP contribution >= 0.6 is 0 Å². The first kappa shape index (κ1) is 16.1. The zero-order valence-electron chi connectivity index (χ0n) is 13.4. The summed E-state index contributed by atoms with van der Waals surface area (Å²) in [6.07, 6.45) is 6.93. The number of nitrogens with one attached hydrogen (secondary N) is 1. The summed E-state index contributed by atoms with van der Waals surface area (Å²) < 4.78 is 26.1. The second kappa shape index (κ2) is 5.84. The van der Waals surface area contributed by atoms with Crippen LogP contribution in [0.5, 0.6) is 0 Å². The highest BCUT2D eigenvalue weighted by molar-refractivity contribution is 7.90. The lowest BCUT2D eigenvalue weighted by Crippen LogP contribution is -2.20. The van der Waals surface area contributed by atoms with Gasteiger partial charge in [0.2, 0.25) is 20.9 Å². The van der Waals surface area contributed by atoms with Gasteiger partial charge in [0.25, 0.3) is 0 Å². The summed E-state index contributed by atoms with van der Waals surface area (Å²) in [7, 11) is -3.56. The molecule has 0 unspecified atom stereocenters.